The van der Waals surface area contributed by atoms with Crippen molar-refractivity contribution in [1.29, 1.82) is 0 Å². The largest absolute Gasteiger partial charge is 0.354 e. The molecule has 1 aromatic heterocycles. The fraction of sp³-hybridized carbons (Fsp3) is 0.692. The van der Waals surface area contributed by atoms with Crippen LogP contribution in [0.15, 0.2) is 11.2 Å². The molecule has 0 aromatic carbocycles. The Morgan fingerprint density at radius 2 is 2.39 bits per heavy atom. The number of nitrogens with one attached hydrogen (secondary N) is 2. The Morgan fingerprint density at radius 3 is 3.11 bits per heavy atom. The molecule has 0 bridgehead atoms. The summed E-state index contributed by atoms with van der Waals surface area (Å²) in [5.74, 6) is 2.13. The fourth-order valence-corrected chi connectivity index (χ4v) is 2.35. The van der Waals surface area contributed by atoms with Crippen LogP contribution in [0.2, 0.25) is 0 Å². The van der Waals surface area contributed by atoms with Gasteiger partial charge >= 0.3 is 0 Å². The first kappa shape index (κ1) is 11.6. The molecule has 1 aromatic rings. The van der Waals surface area contributed by atoms with Gasteiger partial charge in [0.25, 0.3) is 0 Å². The van der Waals surface area contributed by atoms with E-state index >= 15 is 0 Å². The number of aryl methyl sites for hydroxylation is 2. The van der Waals surface area contributed by atoms with Gasteiger partial charge < -0.3 is 15.2 Å². The van der Waals surface area contributed by atoms with Crippen LogP contribution in [0.1, 0.15) is 37.2 Å². The Balaban J connectivity index is 1.56. The minimum atomic E-state index is 0.631. The summed E-state index contributed by atoms with van der Waals surface area (Å²) in [7, 11) is 1.82. The fourth-order valence-electron chi connectivity index (χ4n) is 2.35. The van der Waals surface area contributed by atoms with E-state index < -0.39 is 0 Å². The Hall–Kier alpha value is -1.52. The van der Waals surface area contributed by atoms with Gasteiger partial charge in [-0.15, -0.1) is 0 Å². The topological polar surface area (TPSA) is 54.2 Å². The number of aromatic nitrogens is 2. The van der Waals surface area contributed by atoms with Crippen molar-refractivity contribution in [2.45, 2.75) is 51.2 Å². The van der Waals surface area contributed by atoms with Crippen LogP contribution in [-0.2, 0) is 19.5 Å². The first-order chi connectivity index (χ1) is 8.85. The van der Waals surface area contributed by atoms with Crippen LogP contribution in [-0.4, -0.2) is 28.6 Å². The van der Waals surface area contributed by atoms with Crippen LogP contribution in [0.5, 0.6) is 0 Å². The lowest BCUT2D eigenvalue weighted by molar-refractivity contribution is 0.522. The van der Waals surface area contributed by atoms with Gasteiger partial charge in [0.05, 0.1) is 12.2 Å². The van der Waals surface area contributed by atoms with Crippen LogP contribution in [0, 0.1) is 0 Å². The molecule has 5 heteroatoms. The molecule has 1 fully saturated rings. The van der Waals surface area contributed by atoms with Crippen molar-refractivity contribution in [1.82, 2.24) is 20.2 Å². The highest BCUT2D eigenvalue weighted by atomic mass is 15.2. The highest BCUT2D eigenvalue weighted by Gasteiger charge is 2.22. The molecule has 0 spiro atoms. The first-order valence-corrected chi connectivity index (χ1v) is 6.87. The van der Waals surface area contributed by atoms with E-state index in [0.29, 0.717) is 6.04 Å². The van der Waals surface area contributed by atoms with E-state index in [1.807, 2.05) is 7.05 Å². The maximum atomic E-state index is 4.67. The van der Waals surface area contributed by atoms with Crippen molar-refractivity contribution >= 4 is 5.96 Å². The van der Waals surface area contributed by atoms with Gasteiger partial charge in [0.1, 0.15) is 5.82 Å². The van der Waals surface area contributed by atoms with Crippen molar-refractivity contribution in [3.63, 3.8) is 0 Å². The first-order valence-electron chi connectivity index (χ1n) is 6.87. The molecule has 0 unspecified atom stereocenters. The Morgan fingerprint density at radius 1 is 1.50 bits per heavy atom. The maximum absolute atomic E-state index is 4.67. The summed E-state index contributed by atoms with van der Waals surface area (Å²) in [6.45, 7) is 1.88. The molecule has 1 aliphatic carbocycles. The lowest BCUT2D eigenvalue weighted by Crippen LogP contribution is -2.38. The zero-order chi connectivity index (χ0) is 12.4. The van der Waals surface area contributed by atoms with Crippen LogP contribution in [0.25, 0.3) is 0 Å². The number of fused-ring (bicyclic) bond motifs is 1. The van der Waals surface area contributed by atoms with Crippen molar-refractivity contribution in [2.24, 2.45) is 4.99 Å². The van der Waals surface area contributed by atoms with E-state index in [1.165, 1.54) is 31.5 Å². The average molecular weight is 247 g/mol. The van der Waals surface area contributed by atoms with E-state index in [9.17, 15) is 0 Å². The molecule has 0 amide bonds. The molecule has 5 nitrogen and oxygen atoms in total. The molecule has 3 rings (SSSR count). The Bertz CT molecular complexity index is 421. The number of aliphatic imine (C=N–C) groups is 1. The molecule has 98 valence electrons. The maximum Gasteiger partial charge on any atom is 0.191 e. The lowest BCUT2D eigenvalue weighted by Gasteiger charge is -2.11. The minimum absolute atomic E-state index is 0.631. The number of imidazole rings is 1. The summed E-state index contributed by atoms with van der Waals surface area (Å²) in [5.41, 5.74) is 1.12. The molecular formula is C13H21N5. The summed E-state index contributed by atoms with van der Waals surface area (Å²) < 4.78 is 2.29. The predicted octanol–water partition coefficient (Wildman–Crippen LogP) is 1.05. The third-order valence-electron chi connectivity index (χ3n) is 3.54. The Kier molecular flexibility index (Phi) is 3.21. The minimum Gasteiger partial charge on any atom is -0.354 e. The van der Waals surface area contributed by atoms with Crippen LogP contribution in [0.4, 0.5) is 0 Å². The number of nitrogens with zero attached hydrogens (tertiary/aromatic N) is 3. The molecule has 2 aliphatic rings. The van der Waals surface area contributed by atoms with E-state index in [1.54, 1.807) is 0 Å². The van der Waals surface area contributed by atoms with Gasteiger partial charge in [-0.2, -0.15) is 0 Å². The molecule has 2 heterocycles. The standard InChI is InChI=1S/C13H21N5/c1-14-13(17-10-5-6-10)15-8-11-9-18-7-3-2-4-12(18)16-11/h9-10H,2-8H2,1H3,(H2,14,15,17). The SMILES string of the molecule is CN=C(NCc1cn2c(n1)CCCC2)NC1CC1. The zero-order valence-electron chi connectivity index (χ0n) is 10.9. The van der Waals surface area contributed by atoms with E-state index in [2.05, 4.69) is 31.4 Å². The van der Waals surface area contributed by atoms with Gasteiger partial charge in [-0.3, -0.25) is 4.99 Å². The second-order valence-corrected chi connectivity index (χ2v) is 5.14. The number of guanidine groups is 1. The number of hydrogen-bond donors (Lipinski definition) is 2. The summed E-state index contributed by atoms with van der Waals surface area (Å²) >= 11 is 0. The second kappa shape index (κ2) is 5.00. The molecule has 18 heavy (non-hydrogen) atoms. The lowest BCUT2D eigenvalue weighted by atomic mass is 10.2. The summed E-state index contributed by atoms with van der Waals surface area (Å²) in [5, 5.41) is 6.71. The highest BCUT2D eigenvalue weighted by molar-refractivity contribution is 5.80. The van der Waals surface area contributed by atoms with Crippen molar-refractivity contribution in [2.75, 3.05) is 7.05 Å². The van der Waals surface area contributed by atoms with Crippen LogP contribution in [0.3, 0.4) is 0 Å². The highest BCUT2D eigenvalue weighted by Crippen LogP contribution is 2.18. The summed E-state index contributed by atoms with van der Waals surface area (Å²) in [6.07, 6.45) is 8.37. The van der Waals surface area contributed by atoms with Crippen molar-refractivity contribution in [3.8, 4) is 0 Å². The Labute approximate surface area is 108 Å². The van der Waals surface area contributed by atoms with E-state index in [4.69, 9.17) is 0 Å². The molecular weight excluding hydrogens is 226 g/mol. The number of hydrogen-bond acceptors (Lipinski definition) is 2. The van der Waals surface area contributed by atoms with Gasteiger partial charge in [0.2, 0.25) is 0 Å². The second-order valence-electron chi connectivity index (χ2n) is 5.14. The van der Waals surface area contributed by atoms with Crippen LogP contribution < -0.4 is 10.6 Å². The van der Waals surface area contributed by atoms with Crippen LogP contribution >= 0.6 is 0 Å². The average Bonchev–Trinajstić information content (AvgIpc) is 3.11. The zero-order valence-corrected chi connectivity index (χ0v) is 10.9. The third kappa shape index (κ3) is 2.66. The normalized spacial score (nSPS) is 19.5. The molecule has 2 N–H and O–H groups in total. The summed E-state index contributed by atoms with van der Waals surface area (Å²) in [6, 6.07) is 0.631. The summed E-state index contributed by atoms with van der Waals surface area (Å²) in [4.78, 5) is 8.89. The van der Waals surface area contributed by atoms with Gasteiger partial charge in [0, 0.05) is 32.3 Å². The quantitative estimate of drug-likeness (QED) is 0.620. The number of rotatable bonds is 3. The molecule has 0 radical (unpaired) electrons. The predicted molar refractivity (Wildman–Crippen MR) is 71.5 cm³/mol. The monoisotopic (exact) mass is 247 g/mol. The third-order valence-corrected chi connectivity index (χ3v) is 3.54. The van der Waals surface area contributed by atoms with Crippen molar-refractivity contribution < 1.29 is 0 Å². The molecule has 0 atom stereocenters. The van der Waals surface area contributed by atoms with Crippen molar-refractivity contribution in [3.05, 3.63) is 17.7 Å². The smallest absolute Gasteiger partial charge is 0.191 e. The van der Waals surface area contributed by atoms with Gasteiger partial charge in [0.15, 0.2) is 5.96 Å². The van der Waals surface area contributed by atoms with Gasteiger partial charge in [-0.1, -0.05) is 0 Å². The molecule has 1 saturated carbocycles. The van der Waals surface area contributed by atoms with E-state index in [-0.39, 0.29) is 0 Å². The van der Waals surface area contributed by atoms with E-state index in [0.717, 1.165) is 31.2 Å². The van der Waals surface area contributed by atoms with Gasteiger partial charge in [-0.05, 0) is 25.7 Å². The van der Waals surface area contributed by atoms with Gasteiger partial charge in [-0.25, -0.2) is 4.98 Å². The molecule has 1 aliphatic heterocycles. The molecule has 0 saturated heterocycles.